The first kappa shape index (κ1) is 14.2. The Kier molecular flexibility index (Phi) is 4.01. The van der Waals surface area contributed by atoms with E-state index in [9.17, 15) is 4.79 Å². The van der Waals surface area contributed by atoms with Gasteiger partial charge in [-0.05, 0) is 49.9 Å². The summed E-state index contributed by atoms with van der Waals surface area (Å²) < 4.78 is 10.7. The summed E-state index contributed by atoms with van der Waals surface area (Å²) in [6.45, 7) is 5.37. The molecule has 1 aromatic rings. The molecule has 3 unspecified atom stereocenters. The third-order valence-electron chi connectivity index (χ3n) is 4.24. The fourth-order valence-corrected chi connectivity index (χ4v) is 2.89. The van der Waals surface area contributed by atoms with Gasteiger partial charge in [0.1, 0.15) is 0 Å². The van der Waals surface area contributed by atoms with Gasteiger partial charge in [-0.1, -0.05) is 13.0 Å². The minimum Gasteiger partial charge on any atom is -0.454 e. The molecule has 1 fully saturated rings. The van der Waals surface area contributed by atoms with E-state index in [2.05, 4.69) is 17.6 Å². The van der Waals surface area contributed by atoms with Gasteiger partial charge in [0.2, 0.25) is 12.7 Å². The van der Waals surface area contributed by atoms with Gasteiger partial charge in [-0.15, -0.1) is 0 Å². The largest absolute Gasteiger partial charge is 0.454 e. The predicted molar refractivity (Wildman–Crippen MR) is 79.3 cm³/mol. The van der Waals surface area contributed by atoms with Crippen LogP contribution in [-0.2, 0) is 4.79 Å². The number of hydrogen-bond acceptors (Lipinski definition) is 4. The molecular weight excluding hydrogens is 268 g/mol. The van der Waals surface area contributed by atoms with Gasteiger partial charge in [0, 0.05) is 0 Å². The molecule has 0 radical (unpaired) electrons. The summed E-state index contributed by atoms with van der Waals surface area (Å²) in [6.07, 6.45) is 2.04. The monoisotopic (exact) mass is 290 g/mol. The first-order valence-corrected chi connectivity index (χ1v) is 7.57. The number of benzene rings is 1. The molecule has 5 nitrogen and oxygen atoms in total. The molecule has 2 N–H and O–H groups in total. The van der Waals surface area contributed by atoms with E-state index >= 15 is 0 Å². The molecular formula is C16H22N2O3. The molecule has 1 saturated heterocycles. The van der Waals surface area contributed by atoms with Gasteiger partial charge in [0.05, 0.1) is 12.1 Å². The molecule has 1 amide bonds. The van der Waals surface area contributed by atoms with Crippen LogP contribution in [0.5, 0.6) is 11.5 Å². The molecule has 0 aliphatic carbocycles. The highest BCUT2D eigenvalue weighted by molar-refractivity contribution is 5.82. The van der Waals surface area contributed by atoms with Crippen LogP contribution in [0.15, 0.2) is 18.2 Å². The number of fused-ring (bicyclic) bond motifs is 1. The van der Waals surface area contributed by atoms with E-state index < -0.39 is 0 Å². The molecule has 3 rings (SSSR count). The summed E-state index contributed by atoms with van der Waals surface area (Å²) >= 11 is 0. The van der Waals surface area contributed by atoms with Crippen molar-refractivity contribution in [2.24, 2.45) is 5.92 Å². The topological polar surface area (TPSA) is 59.6 Å². The molecule has 2 aliphatic heterocycles. The number of rotatable bonds is 3. The van der Waals surface area contributed by atoms with Crippen LogP contribution in [0.2, 0.25) is 0 Å². The molecule has 2 aliphatic rings. The van der Waals surface area contributed by atoms with E-state index in [1.54, 1.807) is 0 Å². The first-order valence-electron chi connectivity index (χ1n) is 7.57. The summed E-state index contributed by atoms with van der Waals surface area (Å²) in [5, 5.41) is 6.37. The third kappa shape index (κ3) is 3.13. The molecule has 3 atom stereocenters. The second-order valence-electron chi connectivity index (χ2n) is 5.98. The van der Waals surface area contributed by atoms with Crippen molar-refractivity contribution >= 4 is 5.91 Å². The average Bonchev–Trinajstić information content (AvgIpc) is 2.94. The predicted octanol–water partition coefficient (Wildman–Crippen LogP) is 1.98. The molecule has 0 aromatic heterocycles. The van der Waals surface area contributed by atoms with E-state index in [0.717, 1.165) is 36.4 Å². The molecule has 5 heteroatoms. The Balaban J connectivity index is 1.63. The second-order valence-corrected chi connectivity index (χ2v) is 5.98. The fourth-order valence-electron chi connectivity index (χ4n) is 2.89. The smallest absolute Gasteiger partial charge is 0.237 e. The Labute approximate surface area is 125 Å². The second kappa shape index (κ2) is 5.93. The zero-order valence-electron chi connectivity index (χ0n) is 12.5. The number of piperidine rings is 1. The zero-order chi connectivity index (χ0) is 14.8. The number of amides is 1. The van der Waals surface area contributed by atoms with Gasteiger partial charge in [0.25, 0.3) is 0 Å². The van der Waals surface area contributed by atoms with Gasteiger partial charge in [-0.25, -0.2) is 0 Å². The lowest BCUT2D eigenvalue weighted by molar-refractivity contribution is -0.124. The van der Waals surface area contributed by atoms with Crippen molar-refractivity contribution < 1.29 is 14.3 Å². The zero-order valence-corrected chi connectivity index (χ0v) is 12.5. The minimum atomic E-state index is -0.0785. The Morgan fingerprint density at radius 1 is 1.38 bits per heavy atom. The van der Waals surface area contributed by atoms with Crippen LogP contribution in [0.1, 0.15) is 38.3 Å². The summed E-state index contributed by atoms with van der Waals surface area (Å²) in [5.41, 5.74) is 1.02. The van der Waals surface area contributed by atoms with Crippen molar-refractivity contribution in [2.45, 2.75) is 38.8 Å². The Hall–Kier alpha value is -1.75. The van der Waals surface area contributed by atoms with Crippen LogP contribution >= 0.6 is 0 Å². The van der Waals surface area contributed by atoms with Crippen LogP contribution in [0.4, 0.5) is 0 Å². The number of carbonyl (C=O) groups is 1. The van der Waals surface area contributed by atoms with Crippen LogP contribution in [-0.4, -0.2) is 25.3 Å². The van der Waals surface area contributed by atoms with Crippen LogP contribution in [0.3, 0.4) is 0 Å². The molecule has 21 heavy (non-hydrogen) atoms. The molecule has 0 bridgehead atoms. The summed E-state index contributed by atoms with van der Waals surface area (Å²) in [7, 11) is 0. The minimum absolute atomic E-state index is 0.0500. The molecule has 1 aromatic carbocycles. The van der Waals surface area contributed by atoms with Gasteiger partial charge in [0.15, 0.2) is 11.5 Å². The maximum atomic E-state index is 12.3. The van der Waals surface area contributed by atoms with Gasteiger partial charge < -0.3 is 20.1 Å². The first-order chi connectivity index (χ1) is 10.1. The summed E-state index contributed by atoms with van der Waals surface area (Å²) in [4.78, 5) is 12.3. The van der Waals surface area contributed by atoms with Crippen molar-refractivity contribution in [3.05, 3.63) is 23.8 Å². The number of carbonyl (C=O) groups excluding carboxylic acids is 1. The van der Waals surface area contributed by atoms with Gasteiger partial charge in [-0.3, -0.25) is 4.79 Å². The molecule has 0 spiro atoms. The Bertz CT molecular complexity index is 532. The highest BCUT2D eigenvalue weighted by Crippen LogP contribution is 2.34. The van der Waals surface area contributed by atoms with E-state index in [1.807, 2.05) is 25.1 Å². The maximum absolute atomic E-state index is 12.3. The Morgan fingerprint density at radius 3 is 3.00 bits per heavy atom. The van der Waals surface area contributed by atoms with Crippen molar-refractivity contribution in [1.82, 2.24) is 10.6 Å². The third-order valence-corrected chi connectivity index (χ3v) is 4.24. The van der Waals surface area contributed by atoms with Crippen LogP contribution in [0.25, 0.3) is 0 Å². The van der Waals surface area contributed by atoms with E-state index in [0.29, 0.717) is 5.92 Å². The van der Waals surface area contributed by atoms with Gasteiger partial charge in [-0.2, -0.15) is 0 Å². The SMILES string of the molecule is CC1CCNC(C(=O)NC(C)c2ccc3c(c2)OCO3)C1. The van der Waals surface area contributed by atoms with Crippen LogP contribution < -0.4 is 20.1 Å². The van der Waals surface area contributed by atoms with Crippen molar-refractivity contribution in [3.63, 3.8) is 0 Å². The normalized spacial score (nSPS) is 25.4. The summed E-state index contributed by atoms with van der Waals surface area (Å²) in [5.74, 6) is 2.19. The van der Waals surface area contributed by atoms with Crippen molar-refractivity contribution in [3.8, 4) is 11.5 Å². The van der Waals surface area contributed by atoms with Crippen LogP contribution in [0, 0.1) is 5.92 Å². The van der Waals surface area contributed by atoms with E-state index in [4.69, 9.17) is 9.47 Å². The van der Waals surface area contributed by atoms with E-state index in [-0.39, 0.29) is 24.8 Å². The Morgan fingerprint density at radius 2 is 2.19 bits per heavy atom. The number of nitrogens with one attached hydrogen (secondary N) is 2. The lowest BCUT2D eigenvalue weighted by atomic mass is 9.93. The lowest BCUT2D eigenvalue weighted by Crippen LogP contribution is -2.48. The van der Waals surface area contributed by atoms with E-state index in [1.165, 1.54) is 0 Å². The molecule has 114 valence electrons. The quantitative estimate of drug-likeness (QED) is 0.893. The standard InChI is InChI=1S/C16H22N2O3/c1-10-5-6-17-13(7-10)16(19)18-11(2)12-3-4-14-15(8-12)21-9-20-14/h3-4,8,10-11,13,17H,5-7,9H2,1-2H3,(H,18,19). The number of ether oxygens (including phenoxy) is 2. The molecule has 0 saturated carbocycles. The fraction of sp³-hybridized carbons (Fsp3) is 0.562. The lowest BCUT2D eigenvalue weighted by Gasteiger charge is -2.28. The number of hydrogen-bond donors (Lipinski definition) is 2. The van der Waals surface area contributed by atoms with Crippen molar-refractivity contribution in [1.29, 1.82) is 0 Å². The highest BCUT2D eigenvalue weighted by atomic mass is 16.7. The summed E-state index contributed by atoms with van der Waals surface area (Å²) in [6, 6.07) is 5.66. The molecule has 2 heterocycles. The maximum Gasteiger partial charge on any atom is 0.237 e. The highest BCUT2D eigenvalue weighted by Gasteiger charge is 2.26. The van der Waals surface area contributed by atoms with Crippen molar-refractivity contribution in [2.75, 3.05) is 13.3 Å². The van der Waals surface area contributed by atoms with Gasteiger partial charge >= 0.3 is 0 Å². The average molecular weight is 290 g/mol.